The molecular formula is C25H27Cl2NO2. The molecule has 1 aliphatic rings. The highest BCUT2D eigenvalue weighted by atomic mass is 35.5. The molecule has 0 atom stereocenters. The Balaban J connectivity index is 1.73. The molecule has 0 unspecified atom stereocenters. The number of carbonyl (C=O) groups excluding carboxylic acids is 2. The highest BCUT2D eigenvalue weighted by molar-refractivity contribution is 6.39. The average molecular weight is 444 g/mol. The van der Waals surface area contributed by atoms with E-state index in [2.05, 4.69) is 6.92 Å². The van der Waals surface area contributed by atoms with Gasteiger partial charge in [-0.1, -0.05) is 86.8 Å². The largest absolute Gasteiger partial charge is 0.308 e. The molecule has 2 aromatic rings. The van der Waals surface area contributed by atoms with Crippen molar-refractivity contribution in [1.82, 2.24) is 0 Å². The number of rotatable bonds is 10. The van der Waals surface area contributed by atoms with Gasteiger partial charge >= 0.3 is 0 Å². The number of allylic oxidation sites excluding steroid dienone is 1. The van der Waals surface area contributed by atoms with Gasteiger partial charge < -0.3 is 4.90 Å². The Bertz CT molecular complexity index is 952. The van der Waals surface area contributed by atoms with Crippen molar-refractivity contribution < 1.29 is 9.59 Å². The van der Waals surface area contributed by atoms with Crippen LogP contribution in [-0.2, 0) is 4.79 Å². The molecule has 5 heteroatoms. The van der Waals surface area contributed by atoms with Gasteiger partial charge in [-0.3, -0.25) is 9.59 Å². The Morgan fingerprint density at radius 2 is 1.67 bits per heavy atom. The van der Waals surface area contributed by atoms with E-state index in [-0.39, 0.29) is 16.7 Å². The minimum Gasteiger partial charge on any atom is -0.308 e. The number of unbranched alkanes of at least 4 members (excludes halogenated alkanes) is 6. The molecule has 0 radical (unpaired) electrons. The van der Waals surface area contributed by atoms with E-state index in [0.717, 1.165) is 24.1 Å². The lowest BCUT2D eigenvalue weighted by atomic mass is 10.0. The maximum atomic E-state index is 13.1. The zero-order chi connectivity index (χ0) is 21.5. The van der Waals surface area contributed by atoms with Crippen LogP contribution in [0.15, 0.2) is 48.5 Å². The van der Waals surface area contributed by atoms with Crippen molar-refractivity contribution in [2.24, 2.45) is 0 Å². The summed E-state index contributed by atoms with van der Waals surface area (Å²) in [6.45, 7) is 2.88. The summed E-state index contributed by atoms with van der Waals surface area (Å²) in [6, 6.07) is 12.4. The van der Waals surface area contributed by atoms with Crippen LogP contribution >= 0.6 is 23.2 Å². The molecule has 3 nitrogen and oxygen atoms in total. The van der Waals surface area contributed by atoms with Crippen LogP contribution in [0, 0.1) is 0 Å². The fraction of sp³-hybridized carbons (Fsp3) is 0.360. The molecule has 0 saturated carbocycles. The molecule has 0 saturated heterocycles. The summed E-state index contributed by atoms with van der Waals surface area (Å²) in [5.74, 6) is -0.423. The molecule has 0 N–H and O–H groups in total. The molecule has 3 rings (SSSR count). The second-order valence-corrected chi connectivity index (χ2v) is 8.49. The first-order valence-corrected chi connectivity index (χ1v) is 11.4. The zero-order valence-electron chi connectivity index (χ0n) is 17.3. The maximum Gasteiger partial charge on any atom is 0.259 e. The van der Waals surface area contributed by atoms with Gasteiger partial charge in [0.05, 0.1) is 16.3 Å². The maximum absolute atomic E-state index is 13.1. The van der Waals surface area contributed by atoms with Gasteiger partial charge in [0.1, 0.15) is 0 Å². The van der Waals surface area contributed by atoms with E-state index in [4.69, 9.17) is 23.2 Å². The van der Waals surface area contributed by atoms with E-state index in [9.17, 15) is 9.59 Å². The molecular weight excluding hydrogens is 417 g/mol. The summed E-state index contributed by atoms with van der Waals surface area (Å²) in [5, 5.41) is 0.746. The van der Waals surface area contributed by atoms with Gasteiger partial charge in [-0.25, -0.2) is 0 Å². The SMILES string of the molecule is CCCCCCCCCN1C(=O)C(=CC(=O)c2ccc(Cl)cc2Cl)c2ccccc21. The van der Waals surface area contributed by atoms with Crippen molar-refractivity contribution in [3.05, 3.63) is 69.7 Å². The predicted molar refractivity (Wildman–Crippen MR) is 126 cm³/mol. The summed E-state index contributed by atoms with van der Waals surface area (Å²) in [4.78, 5) is 27.7. The second-order valence-electron chi connectivity index (χ2n) is 7.64. The van der Waals surface area contributed by atoms with Gasteiger partial charge in [0.25, 0.3) is 5.91 Å². The third kappa shape index (κ3) is 5.33. The van der Waals surface area contributed by atoms with Gasteiger partial charge in [0.15, 0.2) is 5.78 Å². The van der Waals surface area contributed by atoms with Crippen molar-refractivity contribution >= 4 is 46.2 Å². The lowest BCUT2D eigenvalue weighted by Crippen LogP contribution is -2.27. The van der Waals surface area contributed by atoms with Gasteiger partial charge in [-0.15, -0.1) is 0 Å². The van der Waals surface area contributed by atoms with Crippen molar-refractivity contribution in [3.8, 4) is 0 Å². The number of para-hydroxylation sites is 1. The number of halogens is 2. The molecule has 30 heavy (non-hydrogen) atoms. The average Bonchev–Trinajstić information content (AvgIpc) is 2.99. The minimum absolute atomic E-state index is 0.124. The molecule has 0 aliphatic carbocycles. The van der Waals surface area contributed by atoms with Gasteiger partial charge in [-0.2, -0.15) is 0 Å². The number of fused-ring (bicyclic) bond motifs is 1. The molecule has 1 aliphatic heterocycles. The third-order valence-electron chi connectivity index (χ3n) is 5.42. The number of benzene rings is 2. The summed E-state index contributed by atoms with van der Waals surface area (Å²) >= 11 is 12.1. The Hall–Kier alpha value is -2.10. The Kier molecular flexibility index (Phi) is 8.12. The number of nitrogens with zero attached hydrogens (tertiary/aromatic N) is 1. The van der Waals surface area contributed by atoms with Crippen molar-refractivity contribution in [2.75, 3.05) is 11.4 Å². The zero-order valence-corrected chi connectivity index (χ0v) is 18.8. The molecule has 1 heterocycles. The molecule has 1 amide bonds. The van der Waals surface area contributed by atoms with Gasteiger partial charge in [0, 0.05) is 22.7 Å². The molecule has 0 fully saturated rings. The quantitative estimate of drug-likeness (QED) is 0.218. The highest BCUT2D eigenvalue weighted by Gasteiger charge is 2.32. The van der Waals surface area contributed by atoms with Gasteiger partial charge in [-0.05, 0) is 36.8 Å². The van der Waals surface area contributed by atoms with Crippen molar-refractivity contribution in [1.29, 1.82) is 0 Å². The number of anilines is 1. The Labute approximate surface area is 188 Å². The van der Waals surface area contributed by atoms with Crippen molar-refractivity contribution in [3.63, 3.8) is 0 Å². The topological polar surface area (TPSA) is 37.4 Å². The molecule has 0 aromatic heterocycles. The summed E-state index contributed by atoms with van der Waals surface area (Å²) < 4.78 is 0. The van der Waals surface area contributed by atoms with Crippen LogP contribution in [0.4, 0.5) is 5.69 Å². The van der Waals surface area contributed by atoms with E-state index in [1.54, 1.807) is 17.0 Å². The lowest BCUT2D eigenvalue weighted by Gasteiger charge is -2.16. The highest BCUT2D eigenvalue weighted by Crippen LogP contribution is 2.37. The van der Waals surface area contributed by atoms with E-state index < -0.39 is 0 Å². The molecule has 158 valence electrons. The molecule has 0 spiro atoms. The van der Waals surface area contributed by atoms with Crippen LogP contribution < -0.4 is 4.90 Å². The van der Waals surface area contributed by atoms with Crippen LogP contribution in [0.25, 0.3) is 5.57 Å². The first-order valence-electron chi connectivity index (χ1n) is 10.6. The first kappa shape index (κ1) is 22.6. The van der Waals surface area contributed by atoms with Crippen LogP contribution in [0.3, 0.4) is 0 Å². The number of hydrogen-bond donors (Lipinski definition) is 0. The number of carbonyl (C=O) groups is 2. The predicted octanol–water partition coefficient (Wildman–Crippen LogP) is 7.36. The van der Waals surface area contributed by atoms with E-state index in [1.807, 2.05) is 24.3 Å². The van der Waals surface area contributed by atoms with Crippen molar-refractivity contribution in [2.45, 2.75) is 51.9 Å². The molecule has 0 bridgehead atoms. The monoisotopic (exact) mass is 443 g/mol. The first-order chi connectivity index (χ1) is 14.5. The van der Waals surface area contributed by atoms with Crippen LogP contribution in [-0.4, -0.2) is 18.2 Å². The number of amides is 1. The van der Waals surface area contributed by atoms with Crippen LogP contribution in [0.2, 0.25) is 10.0 Å². The summed E-state index contributed by atoms with van der Waals surface area (Å²) in [7, 11) is 0. The fourth-order valence-electron chi connectivity index (χ4n) is 3.79. The normalized spacial score (nSPS) is 14.4. The standard InChI is InChI=1S/C25H27Cl2NO2/c1-2-3-4-5-6-7-10-15-28-23-12-9-8-11-19(23)21(25(28)30)17-24(29)20-14-13-18(26)16-22(20)27/h8-9,11-14,16-17H,2-7,10,15H2,1H3. The Morgan fingerprint density at radius 1 is 0.967 bits per heavy atom. The van der Waals surface area contributed by atoms with Crippen LogP contribution in [0.1, 0.15) is 67.8 Å². The van der Waals surface area contributed by atoms with Crippen LogP contribution in [0.5, 0.6) is 0 Å². The van der Waals surface area contributed by atoms with E-state index >= 15 is 0 Å². The van der Waals surface area contributed by atoms with E-state index in [0.29, 0.717) is 22.7 Å². The number of hydrogen-bond acceptors (Lipinski definition) is 2. The van der Waals surface area contributed by atoms with E-state index in [1.165, 1.54) is 44.2 Å². The summed E-state index contributed by atoms with van der Waals surface area (Å²) in [6.07, 6.45) is 9.72. The number of ketones is 1. The fourth-order valence-corrected chi connectivity index (χ4v) is 4.30. The molecule has 2 aromatic carbocycles. The smallest absolute Gasteiger partial charge is 0.259 e. The Morgan fingerprint density at radius 3 is 2.40 bits per heavy atom. The van der Waals surface area contributed by atoms with Gasteiger partial charge in [0.2, 0.25) is 0 Å². The second kappa shape index (κ2) is 10.8. The minimum atomic E-state index is -0.299. The lowest BCUT2D eigenvalue weighted by molar-refractivity contribution is -0.113. The summed E-state index contributed by atoms with van der Waals surface area (Å²) in [5.41, 5.74) is 2.42. The third-order valence-corrected chi connectivity index (χ3v) is 5.97.